The van der Waals surface area contributed by atoms with Crippen LogP contribution in [0.25, 0.3) is 0 Å². The molecule has 1 amide bonds. The monoisotopic (exact) mass is 243 g/mol. The molecule has 1 aliphatic carbocycles. The number of ether oxygens (including phenoxy) is 1. The van der Waals surface area contributed by atoms with Crippen LogP contribution in [-0.2, 0) is 9.53 Å². The molecule has 2 fully saturated rings. The SMILES string of the molecule is CC(C)(C)OC(=O)N1C[C@H]2CC(=O)[C@@H](F)[C@H]2C1. The molecule has 2 aliphatic rings. The zero-order valence-corrected chi connectivity index (χ0v) is 10.4. The van der Waals surface area contributed by atoms with Gasteiger partial charge in [0.1, 0.15) is 5.60 Å². The average Bonchev–Trinajstić information content (AvgIpc) is 2.66. The first kappa shape index (κ1) is 12.3. The number of likely N-dealkylation sites (tertiary alicyclic amines) is 1. The van der Waals surface area contributed by atoms with Crippen molar-refractivity contribution in [3.8, 4) is 0 Å². The normalized spacial score (nSPS) is 32.8. The van der Waals surface area contributed by atoms with Gasteiger partial charge in [-0.05, 0) is 26.7 Å². The van der Waals surface area contributed by atoms with Crippen molar-refractivity contribution in [1.82, 2.24) is 4.90 Å². The van der Waals surface area contributed by atoms with E-state index in [0.717, 1.165) is 0 Å². The highest BCUT2D eigenvalue weighted by molar-refractivity contribution is 5.86. The fourth-order valence-electron chi connectivity index (χ4n) is 2.53. The molecule has 0 radical (unpaired) electrons. The third-order valence-electron chi connectivity index (χ3n) is 3.29. The van der Waals surface area contributed by atoms with Gasteiger partial charge in [0.15, 0.2) is 12.0 Å². The Labute approximate surface area is 100 Å². The predicted molar refractivity (Wildman–Crippen MR) is 59.3 cm³/mol. The largest absolute Gasteiger partial charge is 0.444 e. The summed E-state index contributed by atoms with van der Waals surface area (Å²) in [6, 6.07) is 0. The third kappa shape index (κ3) is 2.42. The number of hydrogen-bond donors (Lipinski definition) is 0. The highest BCUT2D eigenvalue weighted by Gasteiger charge is 2.49. The van der Waals surface area contributed by atoms with Crippen molar-refractivity contribution in [2.45, 2.75) is 39.0 Å². The van der Waals surface area contributed by atoms with Gasteiger partial charge in [0, 0.05) is 25.4 Å². The number of fused-ring (bicyclic) bond motifs is 1. The van der Waals surface area contributed by atoms with Crippen LogP contribution >= 0.6 is 0 Å². The van der Waals surface area contributed by atoms with Gasteiger partial charge in [-0.3, -0.25) is 4.79 Å². The number of rotatable bonds is 0. The Morgan fingerprint density at radius 3 is 2.59 bits per heavy atom. The Balaban J connectivity index is 1.96. The molecule has 5 heteroatoms. The molecule has 1 heterocycles. The van der Waals surface area contributed by atoms with Crippen LogP contribution in [0.4, 0.5) is 9.18 Å². The van der Waals surface area contributed by atoms with E-state index < -0.39 is 17.9 Å². The van der Waals surface area contributed by atoms with Gasteiger partial charge in [-0.15, -0.1) is 0 Å². The van der Waals surface area contributed by atoms with Gasteiger partial charge in [-0.25, -0.2) is 9.18 Å². The minimum atomic E-state index is -1.40. The maximum Gasteiger partial charge on any atom is 0.410 e. The summed E-state index contributed by atoms with van der Waals surface area (Å²) in [6.45, 7) is 6.12. The molecule has 0 N–H and O–H groups in total. The van der Waals surface area contributed by atoms with Crippen LogP contribution in [0.2, 0.25) is 0 Å². The van der Waals surface area contributed by atoms with E-state index in [4.69, 9.17) is 4.74 Å². The minimum Gasteiger partial charge on any atom is -0.444 e. The van der Waals surface area contributed by atoms with E-state index in [2.05, 4.69) is 0 Å². The first-order valence-corrected chi connectivity index (χ1v) is 5.92. The van der Waals surface area contributed by atoms with Gasteiger partial charge in [-0.2, -0.15) is 0 Å². The van der Waals surface area contributed by atoms with Gasteiger partial charge >= 0.3 is 6.09 Å². The quantitative estimate of drug-likeness (QED) is 0.651. The number of Topliss-reactive ketones (excluding diaryl/α,β-unsaturated/α-hetero) is 1. The lowest BCUT2D eigenvalue weighted by Gasteiger charge is -2.24. The number of carbonyl (C=O) groups is 2. The summed E-state index contributed by atoms with van der Waals surface area (Å²) in [5.74, 6) is -0.663. The molecule has 96 valence electrons. The molecule has 0 aromatic rings. The molecule has 3 atom stereocenters. The molecule has 17 heavy (non-hydrogen) atoms. The minimum absolute atomic E-state index is 0.0231. The summed E-state index contributed by atoms with van der Waals surface area (Å²) in [7, 11) is 0. The second-order valence-electron chi connectivity index (χ2n) is 5.88. The summed E-state index contributed by atoms with van der Waals surface area (Å²) in [4.78, 5) is 24.5. The highest BCUT2D eigenvalue weighted by atomic mass is 19.1. The Bertz CT molecular complexity index is 350. The number of alkyl halides is 1. The van der Waals surface area contributed by atoms with E-state index in [1.54, 1.807) is 20.8 Å². The van der Waals surface area contributed by atoms with Crippen LogP contribution in [0, 0.1) is 11.8 Å². The number of hydrogen-bond acceptors (Lipinski definition) is 3. The molecule has 1 saturated heterocycles. The smallest absolute Gasteiger partial charge is 0.410 e. The molecule has 0 spiro atoms. The van der Waals surface area contributed by atoms with Crippen molar-refractivity contribution in [2.24, 2.45) is 11.8 Å². The fraction of sp³-hybridized carbons (Fsp3) is 0.833. The lowest BCUT2D eigenvalue weighted by atomic mass is 10.0. The zero-order chi connectivity index (χ0) is 12.8. The number of nitrogens with zero attached hydrogens (tertiary/aromatic N) is 1. The lowest BCUT2D eigenvalue weighted by molar-refractivity contribution is -0.122. The van der Waals surface area contributed by atoms with Gasteiger partial charge in [0.2, 0.25) is 0 Å². The molecule has 2 rings (SSSR count). The summed E-state index contributed by atoms with van der Waals surface area (Å²) >= 11 is 0. The van der Waals surface area contributed by atoms with E-state index in [-0.39, 0.29) is 24.0 Å². The van der Waals surface area contributed by atoms with Crippen molar-refractivity contribution in [3.63, 3.8) is 0 Å². The highest BCUT2D eigenvalue weighted by Crippen LogP contribution is 2.38. The van der Waals surface area contributed by atoms with Crippen LogP contribution in [0.1, 0.15) is 27.2 Å². The number of amides is 1. The number of carbonyl (C=O) groups excluding carboxylic acids is 2. The van der Waals surface area contributed by atoms with Crippen LogP contribution in [0.15, 0.2) is 0 Å². The first-order valence-electron chi connectivity index (χ1n) is 5.92. The van der Waals surface area contributed by atoms with E-state index >= 15 is 0 Å². The lowest BCUT2D eigenvalue weighted by Crippen LogP contribution is -2.36. The number of halogens is 1. The van der Waals surface area contributed by atoms with Crippen molar-refractivity contribution in [2.75, 3.05) is 13.1 Å². The summed E-state index contributed by atoms with van der Waals surface area (Å²) < 4.78 is 18.7. The van der Waals surface area contributed by atoms with E-state index in [1.165, 1.54) is 4.90 Å². The van der Waals surface area contributed by atoms with Crippen molar-refractivity contribution in [3.05, 3.63) is 0 Å². The topological polar surface area (TPSA) is 46.6 Å². The summed E-state index contributed by atoms with van der Waals surface area (Å²) in [5, 5.41) is 0. The molecule has 0 unspecified atom stereocenters. The third-order valence-corrected chi connectivity index (χ3v) is 3.29. The van der Waals surface area contributed by atoms with Crippen LogP contribution in [0.5, 0.6) is 0 Å². The molecule has 4 nitrogen and oxygen atoms in total. The van der Waals surface area contributed by atoms with Gasteiger partial charge in [-0.1, -0.05) is 0 Å². The van der Waals surface area contributed by atoms with Crippen molar-refractivity contribution >= 4 is 11.9 Å². The van der Waals surface area contributed by atoms with Gasteiger partial charge in [0.25, 0.3) is 0 Å². The Hall–Kier alpha value is -1.13. The van der Waals surface area contributed by atoms with Crippen molar-refractivity contribution < 1.29 is 18.7 Å². The second kappa shape index (κ2) is 3.96. The average molecular weight is 243 g/mol. The van der Waals surface area contributed by atoms with Gasteiger partial charge in [0.05, 0.1) is 0 Å². The second-order valence-corrected chi connectivity index (χ2v) is 5.88. The van der Waals surface area contributed by atoms with Gasteiger partial charge < -0.3 is 9.64 Å². The molecule has 1 aliphatic heterocycles. The molecular weight excluding hydrogens is 225 g/mol. The first-order chi connectivity index (χ1) is 7.78. The van der Waals surface area contributed by atoms with Crippen LogP contribution in [-0.4, -0.2) is 41.6 Å². The molecule has 0 aromatic carbocycles. The maximum atomic E-state index is 13.5. The zero-order valence-electron chi connectivity index (χ0n) is 10.4. The van der Waals surface area contributed by atoms with E-state index in [0.29, 0.717) is 13.1 Å². The predicted octanol–water partition coefficient (Wildman–Crippen LogP) is 1.78. The molecule has 0 aromatic heterocycles. The standard InChI is InChI=1S/C12H18FNO3/c1-12(2,3)17-11(16)14-5-7-4-9(15)10(13)8(7)6-14/h7-8,10H,4-6H2,1-3H3/t7-,8+,10+/m1/s1. The number of ketones is 1. The fourth-order valence-corrected chi connectivity index (χ4v) is 2.53. The van der Waals surface area contributed by atoms with Crippen molar-refractivity contribution in [1.29, 1.82) is 0 Å². The maximum absolute atomic E-state index is 13.5. The Kier molecular flexibility index (Phi) is 2.87. The molecule has 0 bridgehead atoms. The Morgan fingerprint density at radius 2 is 2.06 bits per heavy atom. The summed E-state index contributed by atoms with van der Waals surface area (Å²) in [6.07, 6.45) is -1.55. The molecular formula is C12H18FNO3. The van der Waals surface area contributed by atoms with Crippen LogP contribution < -0.4 is 0 Å². The summed E-state index contributed by atoms with van der Waals surface area (Å²) in [5.41, 5.74) is -0.542. The van der Waals surface area contributed by atoms with E-state index in [1.807, 2.05) is 0 Å². The van der Waals surface area contributed by atoms with Crippen LogP contribution in [0.3, 0.4) is 0 Å². The van der Waals surface area contributed by atoms with E-state index in [9.17, 15) is 14.0 Å². The molecule has 1 saturated carbocycles. The Morgan fingerprint density at radius 1 is 1.41 bits per heavy atom.